The summed E-state index contributed by atoms with van der Waals surface area (Å²) in [5.41, 5.74) is 1.49. The molecule has 0 radical (unpaired) electrons. The molecule has 4 rings (SSSR count). The van der Waals surface area contributed by atoms with Gasteiger partial charge in [0.1, 0.15) is 19.0 Å². The quantitative estimate of drug-likeness (QED) is 0.905. The minimum atomic E-state index is -0.154. The van der Waals surface area contributed by atoms with E-state index in [1.54, 1.807) is 12.1 Å². The lowest BCUT2D eigenvalue weighted by atomic mass is 10.1. The maximum atomic E-state index is 12.6. The Labute approximate surface area is 144 Å². The van der Waals surface area contributed by atoms with Crippen molar-refractivity contribution in [1.29, 1.82) is 0 Å². The van der Waals surface area contributed by atoms with Crippen LogP contribution in [0.3, 0.4) is 0 Å². The maximum Gasteiger partial charge on any atom is 0.251 e. The van der Waals surface area contributed by atoms with Gasteiger partial charge in [0.25, 0.3) is 5.91 Å². The standard InChI is InChI=1S/C17H18ClN3O3/c1-10-8-21-9-12(2-3-15(21)19-10)20-17(22)11-6-13(18)16-14(7-11)23-4-5-24-16/h6-8,12H,2-5,9H2,1H3,(H,20,22)/t12-/m1/s1. The van der Waals surface area contributed by atoms with E-state index in [0.717, 1.165) is 30.9 Å². The molecule has 7 heteroatoms. The molecule has 0 aliphatic carbocycles. The van der Waals surface area contributed by atoms with Gasteiger partial charge in [0.2, 0.25) is 0 Å². The second-order valence-electron chi connectivity index (χ2n) is 6.14. The fraction of sp³-hybridized carbons (Fsp3) is 0.412. The molecule has 0 unspecified atom stereocenters. The molecule has 0 saturated heterocycles. The fourth-order valence-electron chi connectivity index (χ4n) is 3.21. The van der Waals surface area contributed by atoms with Crippen molar-refractivity contribution in [3.63, 3.8) is 0 Å². The first-order valence-corrected chi connectivity index (χ1v) is 8.40. The van der Waals surface area contributed by atoms with Gasteiger partial charge in [0.05, 0.1) is 10.7 Å². The molecule has 0 saturated carbocycles. The van der Waals surface area contributed by atoms with E-state index in [4.69, 9.17) is 21.1 Å². The predicted octanol–water partition coefficient (Wildman–Crippen LogP) is 2.36. The van der Waals surface area contributed by atoms with Crippen molar-refractivity contribution in [1.82, 2.24) is 14.9 Å². The van der Waals surface area contributed by atoms with Crippen molar-refractivity contribution in [2.75, 3.05) is 13.2 Å². The van der Waals surface area contributed by atoms with E-state index >= 15 is 0 Å². The van der Waals surface area contributed by atoms with Gasteiger partial charge in [-0.1, -0.05) is 11.6 Å². The fourth-order valence-corrected chi connectivity index (χ4v) is 3.48. The zero-order chi connectivity index (χ0) is 16.7. The van der Waals surface area contributed by atoms with Crippen molar-refractivity contribution < 1.29 is 14.3 Å². The van der Waals surface area contributed by atoms with Crippen LogP contribution in [0.5, 0.6) is 11.5 Å². The second-order valence-corrected chi connectivity index (χ2v) is 6.55. The second kappa shape index (κ2) is 6.02. The van der Waals surface area contributed by atoms with Crippen LogP contribution in [0, 0.1) is 6.92 Å². The highest BCUT2D eigenvalue weighted by molar-refractivity contribution is 6.32. The van der Waals surface area contributed by atoms with Crippen LogP contribution in [-0.2, 0) is 13.0 Å². The number of hydrogen-bond donors (Lipinski definition) is 1. The number of halogens is 1. The summed E-state index contributed by atoms with van der Waals surface area (Å²) < 4.78 is 13.1. The van der Waals surface area contributed by atoms with Gasteiger partial charge < -0.3 is 19.4 Å². The molecular weight excluding hydrogens is 330 g/mol. The minimum absolute atomic E-state index is 0.0746. The summed E-state index contributed by atoms with van der Waals surface area (Å²) >= 11 is 6.21. The number of nitrogens with one attached hydrogen (secondary N) is 1. The van der Waals surface area contributed by atoms with Crippen LogP contribution in [-0.4, -0.2) is 34.7 Å². The van der Waals surface area contributed by atoms with Gasteiger partial charge >= 0.3 is 0 Å². The van der Waals surface area contributed by atoms with Crippen LogP contribution in [0.25, 0.3) is 0 Å². The highest BCUT2D eigenvalue weighted by Gasteiger charge is 2.24. The van der Waals surface area contributed by atoms with Gasteiger partial charge in [-0.15, -0.1) is 0 Å². The molecule has 0 fully saturated rings. The number of nitrogens with zero attached hydrogens (tertiary/aromatic N) is 2. The normalized spacial score (nSPS) is 18.8. The number of carbonyl (C=O) groups excluding carboxylic acids is 1. The lowest BCUT2D eigenvalue weighted by Crippen LogP contribution is -2.40. The Hall–Kier alpha value is -2.21. The SMILES string of the molecule is Cc1cn2c(n1)CC[C@@H](NC(=O)c1cc(Cl)c3c(c1)OCCO3)C2. The predicted molar refractivity (Wildman–Crippen MR) is 89.0 cm³/mol. The van der Waals surface area contributed by atoms with Gasteiger partial charge in [-0.2, -0.15) is 0 Å². The molecule has 6 nitrogen and oxygen atoms in total. The Bertz CT molecular complexity index is 803. The number of aryl methyl sites for hydroxylation is 2. The van der Waals surface area contributed by atoms with Crippen LogP contribution >= 0.6 is 11.6 Å². The van der Waals surface area contributed by atoms with Crippen LogP contribution in [0.1, 0.15) is 28.3 Å². The third-order valence-electron chi connectivity index (χ3n) is 4.31. The van der Waals surface area contributed by atoms with E-state index < -0.39 is 0 Å². The number of hydrogen-bond acceptors (Lipinski definition) is 4. The molecule has 1 aromatic carbocycles. The van der Waals surface area contributed by atoms with Crippen molar-refractivity contribution in [3.05, 3.63) is 40.4 Å². The van der Waals surface area contributed by atoms with Gasteiger partial charge in [0, 0.05) is 30.8 Å². The summed E-state index contributed by atoms with van der Waals surface area (Å²) in [6, 6.07) is 3.39. The Morgan fingerprint density at radius 3 is 3.08 bits per heavy atom. The number of carbonyl (C=O) groups is 1. The highest BCUT2D eigenvalue weighted by atomic mass is 35.5. The van der Waals surface area contributed by atoms with E-state index in [1.165, 1.54) is 0 Å². The highest BCUT2D eigenvalue weighted by Crippen LogP contribution is 2.38. The zero-order valence-corrected chi connectivity index (χ0v) is 14.1. The van der Waals surface area contributed by atoms with E-state index in [-0.39, 0.29) is 11.9 Å². The minimum Gasteiger partial charge on any atom is -0.486 e. The Morgan fingerprint density at radius 2 is 2.21 bits per heavy atom. The summed E-state index contributed by atoms with van der Waals surface area (Å²) in [4.78, 5) is 17.1. The van der Waals surface area contributed by atoms with Crippen LogP contribution in [0.2, 0.25) is 5.02 Å². The lowest BCUT2D eigenvalue weighted by molar-refractivity contribution is 0.0926. The third kappa shape index (κ3) is 2.82. The van der Waals surface area contributed by atoms with E-state index in [1.807, 2.05) is 13.1 Å². The molecule has 24 heavy (non-hydrogen) atoms. The van der Waals surface area contributed by atoms with E-state index in [2.05, 4.69) is 14.9 Å². The molecule has 1 aromatic heterocycles. The number of benzene rings is 1. The molecule has 2 aliphatic heterocycles. The lowest BCUT2D eigenvalue weighted by Gasteiger charge is -2.25. The molecule has 2 aliphatic rings. The molecule has 2 aromatic rings. The molecular formula is C17H18ClN3O3. The van der Waals surface area contributed by atoms with Crippen molar-refractivity contribution >= 4 is 17.5 Å². The first-order chi connectivity index (χ1) is 11.6. The molecule has 1 N–H and O–H groups in total. The Kier molecular flexibility index (Phi) is 3.84. The number of amides is 1. The third-order valence-corrected chi connectivity index (χ3v) is 4.59. The van der Waals surface area contributed by atoms with Gasteiger partial charge in [-0.05, 0) is 25.5 Å². The van der Waals surface area contributed by atoms with E-state index in [9.17, 15) is 4.79 Å². The van der Waals surface area contributed by atoms with Gasteiger partial charge in [0.15, 0.2) is 11.5 Å². The van der Waals surface area contributed by atoms with Crippen LogP contribution < -0.4 is 14.8 Å². The van der Waals surface area contributed by atoms with Crippen molar-refractivity contribution in [3.8, 4) is 11.5 Å². The molecule has 126 valence electrons. The number of imidazole rings is 1. The summed E-state index contributed by atoms with van der Waals surface area (Å²) in [5, 5.41) is 3.47. The summed E-state index contributed by atoms with van der Waals surface area (Å²) in [6.45, 7) is 3.64. The van der Waals surface area contributed by atoms with Crippen molar-refractivity contribution in [2.24, 2.45) is 0 Å². The largest absolute Gasteiger partial charge is 0.486 e. The Balaban J connectivity index is 1.50. The van der Waals surface area contributed by atoms with Gasteiger partial charge in [-0.3, -0.25) is 4.79 Å². The average molecular weight is 348 g/mol. The number of rotatable bonds is 2. The summed E-state index contributed by atoms with van der Waals surface area (Å²) in [5.74, 6) is 1.96. The monoisotopic (exact) mass is 347 g/mol. The van der Waals surface area contributed by atoms with Crippen molar-refractivity contribution in [2.45, 2.75) is 32.4 Å². The molecule has 1 amide bonds. The van der Waals surface area contributed by atoms with Gasteiger partial charge in [-0.25, -0.2) is 4.98 Å². The first-order valence-electron chi connectivity index (χ1n) is 8.03. The topological polar surface area (TPSA) is 65.4 Å². The maximum absolute atomic E-state index is 12.6. The first kappa shape index (κ1) is 15.3. The summed E-state index contributed by atoms with van der Waals surface area (Å²) in [7, 11) is 0. The smallest absolute Gasteiger partial charge is 0.251 e. The number of aromatic nitrogens is 2. The molecule has 3 heterocycles. The van der Waals surface area contributed by atoms with E-state index in [0.29, 0.717) is 35.3 Å². The number of ether oxygens (including phenoxy) is 2. The Morgan fingerprint density at radius 1 is 1.38 bits per heavy atom. The van der Waals surface area contributed by atoms with Crippen LogP contribution in [0.4, 0.5) is 0 Å². The summed E-state index contributed by atoms with van der Waals surface area (Å²) in [6.07, 6.45) is 3.76. The molecule has 0 spiro atoms. The van der Waals surface area contributed by atoms with Crippen LogP contribution in [0.15, 0.2) is 18.3 Å². The average Bonchev–Trinajstić information content (AvgIpc) is 2.94. The molecule has 0 bridgehead atoms. The molecule has 1 atom stereocenters. The zero-order valence-electron chi connectivity index (χ0n) is 13.3. The number of fused-ring (bicyclic) bond motifs is 2.